The number of carbonyl (C=O) groups is 1. The SMILES string of the molecule is CCC(C(=O)OC1CC2CC1CC2CC(O)(C(F)(F)F)C(F)(F)F)C(C)C. The molecule has 0 aromatic rings. The molecule has 9 heteroatoms. The molecule has 0 spiro atoms. The topological polar surface area (TPSA) is 46.5 Å². The van der Waals surface area contributed by atoms with Gasteiger partial charge >= 0.3 is 18.3 Å². The molecule has 5 unspecified atom stereocenters. The van der Waals surface area contributed by atoms with Crippen molar-refractivity contribution < 1.29 is 41.0 Å². The maximum atomic E-state index is 12.9. The number of halogens is 6. The van der Waals surface area contributed by atoms with Crippen LogP contribution in [0.3, 0.4) is 0 Å². The molecule has 2 rings (SSSR count). The van der Waals surface area contributed by atoms with Crippen molar-refractivity contribution in [1.82, 2.24) is 0 Å². The van der Waals surface area contributed by atoms with E-state index in [1.807, 2.05) is 20.8 Å². The van der Waals surface area contributed by atoms with Crippen molar-refractivity contribution in [2.75, 3.05) is 0 Å². The van der Waals surface area contributed by atoms with Gasteiger partial charge in [0.1, 0.15) is 6.10 Å². The number of aliphatic hydroxyl groups is 1. The molecule has 2 fully saturated rings. The summed E-state index contributed by atoms with van der Waals surface area (Å²) in [5.41, 5.74) is -4.70. The van der Waals surface area contributed by atoms with E-state index in [2.05, 4.69) is 0 Å². The quantitative estimate of drug-likeness (QED) is 0.507. The molecule has 0 amide bonds. The summed E-state index contributed by atoms with van der Waals surface area (Å²) in [5, 5.41) is 9.41. The molecule has 3 nitrogen and oxygen atoms in total. The molecule has 2 saturated carbocycles. The van der Waals surface area contributed by atoms with Gasteiger partial charge in [0.2, 0.25) is 0 Å². The standard InChI is InChI=1S/C18H26F6O3/c1-4-13(9(2)3)15(25)27-14-7-10-5-11(14)6-12(10)8-16(26,17(19,20)21)18(22,23)24/h9-14,26H,4-8H2,1-3H3. The summed E-state index contributed by atoms with van der Waals surface area (Å²) in [5.74, 6) is -2.11. The number of esters is 1. The fraction of sp³-hybridized carbons (Fsp3) is 0.944. The number of hydrogen-bond acceptors (Lipinski definition) is 3. The first-order valence-electron chi connectivity index (χ1n) is 9.27. The lowest BCUT2D eigenvalue weighted by atomic mass is 9.78. The number of ether oxygens (including phenoxy) is 1. The zero-order valence-electron chi connectivity index (χ0n) is 15.5. The molecule has 5 atom stereocenters. The largest absolute Gasteiger partial charge is 0.462 e. The van der Waals surface area contributed by atoms with Crippen LogP contribution in [0.1, 0.15) is 52.9 Å². The fourth-order valence-electron chi connectivity index (χ4n) is 4.65. The Labute approximate surface area is 154 Å². The maximum absolute atomic E-state index is 12.9. The van der Waals surface area contributed by atoms with Crippen LogP contribution in [0.15, 0.2) is 0 Å². The summed E-state index contributed by atoms with van der Waals surface area (Å²) < 4.78 is 83.0. The summed E-state index contributed by atoms with van der Waals surface area (Å²) in [6, 6.07) is 0. The number of hydrogen-bond donors (Lipinski definition) is 1. The Morgan fingerprint density at radius 1 is 1.04 bits per heavy atom. The van der Waals surface area contributed by atoms with Gasteiger partial charge in [0.05, 0.1) is 5.92 Å². The minimum absolute atomic E-state index is 0.0856. The van der Waals surface area contributed by atoms with Gasteiger partial charge in [-0.15, -0.1) is 0 Å². The smallest absolute Gasteiger partial charge is 0.426 e. The number of carbonyl (C=O) groups excluding carboxylic acids is 1. The minimum Gasteiger partial charge on any atom is -0.462 e. The van der Waals surface area contributed by atoms with E-state index in [0.29, 0.717) is 12.8 Å². The Hall–Kier alpha value is -0.990. The first-order valence-corrected chi connectivity index (χ1v) is 9.27. The lowest BCUT2D eigenvalue weighted by Crippen LogP contribution is -2.58. The molecule has 1 N–H and O–H groups in total. The molecule has 27 heavy (non-hydrogen) atoms. The summed E-state index contributed by atoms with van der Waals surface area (Å²) in [6.45, 7) is 5.64. The van der Waals surface area contributed by atoms with E-state index in [1.165, 1.54) is 0 Å². The second kappa shape index (κ2) is 7.44. The molecule has 2 bridgehead atoms. The molecule has 0 aliphatic heterocycles. The van der Waals surface area contributed by atoms with E-state index < -0.39 is 42.3 Å². The van der Waals surface area contributed by atoms with Crippen LogP contribution in [-0.4, -0.2) is 35.1 Å². The van der Waals surface area contributed by atoms with E-state index >= 15 is 0 Å². The Balaban J connectivity index is 2.02. The van der Waals surface area contributed by atoms with E-state index in [1.54, 1.807) is 0 Å². The van der Waals surface area contributed by atoms with Crippen molar-refractivity contribution in [2.24, 2.45) is 29.6 Å². The normalized spacial score (nSPS) is 30.0. The highest BCUT2D eigenvalue weighted by atomic mass is 19.4. The maximum Gasteiger partial charge on any atom is 0.426 e. The van der Waals surface area contributed by atoms with Crippen LogP contribution in [0, 0.1) is 29.6 Å². The highest BCUT2D eigenvalue weighted by Crippen LogP contribution is 2.56. The van der Waals surface area contributed by atoms with Crippen molar-refractivity contribution in [3.8, 4) is 0 Å². The van der Waals surface area contributed by atoms with Crippen molar-refractivity contribution in [1.29, 1.82) is 0 Å². The van der Waals surface area contributed by atoms with Crippen LogP contribution in [-0.2, 0) is 9.53 Å². The molecule has 0 aromatic carbocycles. The van der Waals surface area contributed by atoms with Crippen LogP contribution in [0.4, 0.5) is 26.3 Å². The van der Waals surface area contributed by atoms with Crippen molar-refractivity contribution in [3.05, 3.63) is 0 Å². The van der Waals surface area contributed by atoms with E-state index in [-0.39, 0.29) is 36.6 Å². The van der Waals surface area contributed by atoms with Gasteiger partial charge in [-0.3, -0.25) is 4.79 Å². The van der Waals surface area contributed by atoms with Gasteiger partial charge in [0.25, 0.3) is 5.60 Å². The number of fused-ring (bicyclic) bond motifs is 2. The summed E-state index contributed by atoms with van der Waals surface area (Å²) in [6.07, 6.45) is -12.1. The first kappa shape index (κ1) is 22.3. The van der Waals surface area contributed by atoms with Gasteiger partial charge in [0.15, 0.2) is 0 Å². The van der Waals surface area contributed by atoms with Crippen LogP contribution in [0.25, 0.3) is 0 Å². The average molecular weight is 404 g/mol. The molecular formula is C18H26F6O3. The molecule has 0 saturated heterocycles. The van der Waals surface area contributed by atoms with Gasteiger partial charge in [-0.05, 0) is 55.8 Å². The Morgan fingerprint density at radius 2 is 1.59 bits per heavy atom. The van der Waals surface area contributed by atoms with Crippen LogP contribution in [0.5, 0.6) is 0 Å². The number of alkyl halides is 6. The highest BCUT2D eigenvalue weighted by molar-refractivity contribution is 5.72. The fourth-order valence-corrected chi connectivity index (χ4v) is 4.65. The number of rotatable bonds is 6. The second-order valence-corrected chi connectivity index (χ2v) is 8.28. The van der Waals surface area contributed by atoms with Crippen LogP contribution >= 0.6 is 0 Å². The second-order valence-electron chi connectivity index (χ2n) is 8.28. The zero-order valence-corrected chi connectivity index (χ0v) is 15.5. The lowest BCUT2D eigenvalue weighted by Gasteiger charge is -2.37. The van der Waals surface area contributed by atoms with Crippen molar-refractivity contribution >= 4 is 5.97 Å². The first-order chi connectivity index (χ1) is 12.2. The predicted octanol–water partition coefficient (Wildman–Crippen LogP) is 4.87. The third-order valence-corrected chi connectivity index (χ3v) is 6.25. The van der Waals surface area contributed by atoms with Crippen molar-refractivity contribution in [2.45, 2.75) is 76.9 Å². The van der Waals surface area contributed by atoms with E-state index in [0.717, 1.165) is 0 Å². The molecule has 0 aromatic heterocycles. The summed E-state index contributed by atoms with van der Waals surface area (Å²) in [7, 11) is 0. The molecule has 0 heterocycles. The van der Waals surface area contributed by atoms with Gasteiger partial charge < -0.3 is 9.84 Å². The van der Waals surface area contributed by atoms with E-state index in [4.69, 9.17) is 4.74 Å². The van der Waals surface area contributed by atoms with Crippen LogP contribution in [0.2, 0.25) is 0 Å². The van der Waals surface area contributed by atoms with E-state index in [9.17, 15) is 36.2 Å². The molecule has 0 radical (unpaired) electrons. The zero-order chi connectivity index (χ0) is 20.8. The molecule has 2 aliphatic carbocycles. The lowest BCUT2D eigenvalue weighted by molar-refractivity contribution is -0.373. The Bertz CT molecular complexity index is 528. The highest BCUT2D eigenvalue weighted by Gasteiger charge is 2.71. The average Bonchev–Trinajstić information content (AvgIpc) is 3.04. The van der Waals surface area contributed by atoms with Crippen LogP contribution < -0.4 is 0 Å². The predicted molar refractivity (Wildman–Crippen MR) is 84.5 cm³/mol. The minimum atomic E-state index is -5.79. The molecule has 2 aliphatic rings. The summed E-state index contributed by atoms with van der Waals surface area (Å²) >= 11 is 0. The third-order valence-electron chi connectivity index (χ3n) is 6.25. The Morgan fingerprint density at radius 3 is 1.96 bits per heavy atom. The molecular weight excluding hydrogens is 378 g/mol. The summed E-state index contributed by atoms with van der Waals surface area (Å²) in [4.78, 5) is 12.3. The van der Waals surface area contributed by atoms with Crippen molar-refractivity contribution in [3.63, 3.8) is 0 Å². The Kier molecular flexibility index (Phi) is 6.15. The van der Waals surface area contributed by atoms with Gasteiger partial charge in [-0.1, -0.05) is 20.8 Å². The van der Waals surface area contributed by atoms with Gasteiger partial charge in [-0.25, -0.2) is 0 Å². The molecule has 158 valence electrons. The third kappa shape index (κ3) is 4.22. The monoisotopic (exact) mass is 404 g/mol. The van der Waals surface area contributed by atoms with Gasteiger partial charge in [-0.2, -0.15) is 26.3 Å². The van der Waals surface area contributed by atoms with Gasteiger partial charge in [0, 0.05) is 0 Å².